The van der Waals surface area contributed by atoms with Crippen molar-refractivity contribution in [2.24, 2.45) is 5.92 Å². The molecule has 144 valence electrons. The summed E-state index contributed by atoms with van der Waals surface area (Å²) in [7, 11) is 0. The molecule has 1 heterocycles. The van der Waals surface area contributed by atoms with Crippen LogP contribution in [-0.4, -0.2) is 34.8 Å². The minimum absolute atomic E-state index is 0.0379. The highest BCUT2D eigenvalue weighted by Crippen LogP contribution is 2.31. The van der Waals surface area contributed by atoms with Crippen molar-refractivity contribution in [2.45, 2.75) is 26.7 Å². The molecule has 28 heavy (non-hydrogen) atoms. The van der Waals surface area contributed by atoms with E-state index in [1.165, 1.54) is 11.3 Å². The van der Waals surface area contributed by atoms with Gasteiger partial charge in [0.15, 0.2) is 5.13 Å². The van der Waals surface area contributed by atoms with Crippen molar-refractivity contribution in [1.82, 2.24) is 9.88 Å². The smallest absolute Gasteiger partial charge is 0.254 e. The standard InChI is InChI=1S/C22H23N3O2S/c1-14-15(2)28-22(23-14)24-20(26)13-25(12-16-10-11-16)21(27)19-9-5-7-17-6-3-4-8-18(17)19/h3-9,16H,10-13H2,1-2H3,(H,23,24,26). The van der Waals surface area contributed by atoms with E-state index in [2.05, 4.69) is 10.3 Å². The lowest BCUT2D eigenvalue weighted by Crippen LogP contribution is -2.39. The molecule has 0 radical (unpaired) electrons. The number of amides is 2. The summed E-state index contributed by atoms with van der Waals surface area (Å²) < 4.78 is 0. The number of benzene rings is 2. The summed E-state index contributed by atoms with van der Waals surface area (Å²) in [5.74, 6) is 0.199. The van der Waals surface area contributed by atoms with Crippen LogP contribution in [0.15, 0.2) is 42.5 Å². The molecule has 2 amide bonds. The Bertz CT molecular complexity index is 1010. The normalized spacial score (nSPS) is 13.5. The van der Waals surface area contributed by atoms with Gasteiger partial charge in [-0.25, -0.2) is 4.98 Å². The van der Waals surface area contributed by atoms with Crippen molar-refractivity contribution in [1.29, 1.82) is 0 Å². The third kappa shape index (κ3) is 4.07. The van der Waals surface area contributed by atoms with Crippen molar-refractivity contribution in [2.75, 3.05) is 18.4 Å². The van der Waals surface area contributed by atoms with Gasteiger partial charge in [-0.3, -0.25) is 9.59 Å². The second-order valence-corrected chi connectivity index (χ2v) is 8.57. The molecule has 5 nitrogen and oxygen atoms in total. The highest BCUT2D eigenvalue weighted by molar-refractivity contribution is 7.15. The van der Waals surface area contributed by atoms with Gasteiger partial charge in [0.1, 0.15) is 6.54 Å². The monoisotopic (exact) mass is 393 g/mol. The van der Waals surface area contributed by atoms with Crippen LogP contribution in [0.2, 0.25) is 0 Å². The lowest BCUT2D eigenvalue weighted by Gasteiger charge is -2.22. The number of aromatic nitrogens is 1. The number of nitrogens with zero attached hydrogens (tertiary/aromatic N) is 2. The molecule has 0 aliphatic heterocycles. The molecule has 1 N–H and O–H groups in total. The van der Waals surface area contributed by atoms with E-state index >= 15 is 0 Å². The van der Waals surface area contributed by atoms with Crippen molar-refractivity contribution in [3.8, 4) is 0 Å². The predicted octanol–water partition coefficient (Wildman–Crippen LogP) is 4.40. The molecule has 0 atom stereocenters. The Morgan fingerprint density at radius 2 is 1.89 bits per heavy atom. The van der Waals surface area contributed by atoms with Crippen LogP contribution in [0, 0.1) is 19.8 Å². The average molecular weight is 394 g/mol. The van der Waals surface area contributed by atoms with Crippen LogP contribution in [0.25, 0.3) is 10.8 Å². The van der Waals surface area contributed by atoms with E-state index in [1.54, 1.807) is 4.90 Å². The van der Waals surface area contributed by atoms with E-state index in [1.807, 2.05) is 56.3 Å². The third-order valence-corrected chi connectivity index (χ3v) is 6.08. The SMILES string of the molecule is Cc1nc(NC(=O)CN(CC2CC2)C(=O)c2cccc3ccccc23)sc1C. The number of hydrogen-bond acceptors (Lipinski definition) is 4. The van der Waals surface area contributed by atoms with E-state index < -0.39 is 0 Å². The van der Waals surface area contributed by atoms with Gasteiger partial charge < -0.3 is 10.2 Å². The summed E-state index contributed by atoms with van der Waals surface area (Å²) in [5, 5.41) is 5.38. The number of carbonyl (C=O) groups is 2. The van der Waals surface area contributed by atoms with Crippen molar-refractivity contribution in [3.63, 3.8) is 0 Å². The van der Waals surface area contributed by atoms with Crippen LogP contribution < -0.4 is 5.32 Å². The number of hydrogen-bond donors (Lipinski definition) is 1. The van der Waals surface area contributed by atoms with E-state index in [4.69, 9.17) is 0 Å². The lowest BCUT2D eigenvalue weighted by molar-refractivity contribution is -0.116. The van der Waals surface area contributed by atoms with Gasteiger partial charge in [0, 0.05) is 17.0 Å². The quantitative estimate of drug-likeness (QED) is 0.675. The molecule has 1 aliphatic carbocycles. The zero-order valence-corrected chi connectivity index (χ0v) is 16.9. The van der Waals surface area contributed by atoms with Gasteiger partial charge in [0.25, 0.3) is 5.91 Å². The highest BCUT2D eigenvalue weighted by atomic mass is 32.1. The van der Waals surface area contributed by atoms with Crippen LogP contribution >= 0.6 is 11.3 Å². The van der Waals surface area contributed by atoms with Gasteiger partial charge in [-0.2, -0.15) is 0 Å². The maximum absolute atomic E-state index is 13.3. The van der Waals surface area contributed by atoms with Gasteiger partial charge in [-0.15, -0.1) is 11.3 Å². The summed E-state index contributed by atoms with van der Waals surface area (Å²) >= 11 is 1.46. The summed E-state index contributed by atoms with van der Waals surface area (Å²) in [5.41, 5.74) is 1.56. The van der Waals surface area contributed by atoms with E-state index in [-0.39, 0.29) is 18.4 Å². The zero-order chi connectivity index (χ0) is 19.7. The first-order valence-electron chi connectivity index (χ1n) is 9.52. The number of thiazole rings is 1. The number of anilines is 1. The molecule has 6 heteroatoms. The van der Waals surface area contributed by atoms with Gasteiger partial charge in [0.2, 0.25) is 5.91 Å². The molecular weight excluding hydrogens is 370 g/mol. The highest BCUT2D eigenvalue weighted by Gasteiger charge is 2.29. The largest absolute Gasteiger partial charge is 0.329 e. The van der Waals surface area contributed by atoms with Crippen LogP contribution in [0.4, 0.5) is 5.13 Å². The summed E-state index contributed by atoms with van der Waals surface area (Å²) in [4.78, 5) is 33.0. The predicted molar refractivity (Wildman–Crippen MR) is 113 cm³/mol. The Labute approximate surface area is 168 Å². The van der Waals surface area contributed by atoms with Crippen molar-refractivity contribution in [3.05, 3.63) is 58.6 Å². The molecule has 1 fully saturated rings. The van der Waals surface area contributed by atoms with Gasteiger partial charge in [-0.05, 0) is 49.4 Å². The molecular formula is C22H23N3O2S. The zero-order valence-electron chi connectivity index (χ0n) is 16.1. The fourth-order valence-corrected chi connectivity index (χ4v) is 4.10. The molecule has 0 spiro atoms. The topological polar surface area (TPSA) is 62.3 Å². The Morgan fingerprint density at radius 1 is 1.14 bits per heavy atom. The number of aryl methyl sites for hydroxylation is 2. The molecule has 1 aromatic heterocycles. The van der Waals surface area contributed by atoms with E-state index in [0.717, 1.165) is 34.2 Å². The number of nitrogens with one attached hydrogen (secondary N) is 1. The second-order valence-electron chi connectivity index (χ2n) is 7.36. The van der Waals surface area contributed by atoms with E-state index in [9.17, 15) is 9.59 Å². The van der Waals surface area contributed by atoms with E-state index in [0.29, 0.717) is 23.2 Å². The van der Waals surface area contributed by atoms with Crippen LogP contribution in [0.5, 0.6) is 0 Å². The number of carbonyl (C=O) groups excluding carboxylic acids is 2. The van der Waals surface area contributed by atoms with Crippen LogP contribution in [-0.2, 0) is 4.79 Å². The van der Waals surface area contributed by atoms with Gasteiger partial charge in [0.05, 0.1) is 5.69 Å². The molecule has 3 aromatic rings. The first kappa shape index (κ1) is 18.6. The molecule has 0 unspecified atom stereocenters. The fraction of sp³-hybridized carbons (Fsp3) is 0.318. The van der Waals surface area contributed by atoms with Crippen LogP contribution in [0.1, 0.15) is 33.8 Å². The molecule has 2 aromatic carbocycles. The Morgan fingerprint density at radius 3 is 2.61 bits per heavy atom. The van der Waals surface area contributed by atoms with Crippen molar-refractivity contribution >= 4 is 39.1 Å². The minimum Gasteiger partial charge on any atom is -0.329 e. The maximum Gasteiger partial charge on any atom is 0.254 e. The first-order chi connectivity index (χ1) is 13.5. The van der Waals surface area contributed by atoms with Crippen molar-refractivity contribution < 1.29 is 9.59 Å². The van der Waals surface area contributed by atoms with Gasteiger partial charge in [-0.1, -0.05) is 36.4 Å². The maximum atomic E-state index is 13.3. The summed E-state index contributed by atoms with van der Waals surface area (Å²) in [6, 6.07) is 13.6. The van der Waals surface area contributed by atoms with Gasteiger partial charge >= 0.3 is 0 Å². The summed E-state index contributed by atoms with van der Waals surface area (Å²) in [6.45, 7) is 4.55. The molecule has 4 rings (SSSR count). The summed E-state index contributed by atoms with van der Waals surface area (Å²) in [6.07, 6.45) is 2.23. The molecule has 1 aliphatic rings. The molecule has 0 bridgehead atoms. The Balaban J connectivity index is 1.55. The van der Waals surface area contributed by atoms with Crippen LogP contribution in [0.3, 0.4) is 0 Å². The average Bonchev–Trinajstić information content (AvgIpc) is 3.44. The fourth-order valence-electron chi connectivity index (χ4n) is 3.27. The molecule has 1 saturated carbocycles. The lowest BCUT2D eigenvalue weighted by atomic mass is 10.0. The third-order valence-electron chi connectivity index (χ3n) is 5.09. The minimum atomic E-state index is -0.206. The number of rotatable bonds is 6. The second kappa shape index (κ2) is 7.72. The Hall–Kier alpha value is -2.73. The first-order valence-corrected chi connectivity index (χ1v) is 10.3. The molecule has 0 saturated heterocycles. The Kier molecular flexibility index (Phi) is 5.13. The number of fused-ring (bicyclic) bond motifs is 1.